The Morgan fingerprint density at radius 2 is 2.28 bits per heavy atom. The Labute approximate surface area is 104 Å². The molecule has 1 saturated heterocycles. The van der Waals surface area contributed by atoms with Gasteiger partial charge in [0.05, 0.1) is 17.6 Å². The molecule has 1 aliphatic rings. The van der Waals surface area contributed by atoms with E-state index in [1.165, 1.54) is 18.2 Å². The molecule has 0 aromatic heterocycles. The summed E-state index contributed by atoms with van der Waals surface area (Å²) in [5, 5.41) is 13.7. The molecule has 0 bridgehead atoms. The molecule has 1 aromatic carbocycles. The molecular weight excluding hydrogens is 239 g/mol. The van der Waals surface area contributed by atoms with Crippen molar-refractivity contribution in [3.05, 3.63) is 34.1 Å². The quantitative estimate of drug-likeness (QED) is 0.665. The van der Waals surface area contributed by atoms with Gasteiger partial charge in [-0.15, -0.1) is 0 Å². The number of nitrogens with one attached hydrogen (secondary N) is 1. The Balaban J connectivity index is 2.15. The van der Waals surface area contributed by atoms with E-state index in [1.807, 2.05) is 6.92 Å². The maximum absolute atomic E-state index is 13.6. The SMILES string of the molecule is CC1CC[C@H](Nc2c(F)cccc2[N+](=O)[O-])CO1. The van der Waals surface area contributed by atoms with E-state index < -0.39 is 10.7 Å². The third-order valence-electron chi connectivity index (χ3n) is 3.04. The van der Waals surface area contributed by atoms with E-state index in [0.717, 1.165) is 12.8 Å². The summed E-state index contributed by atoms with van der Waals surface area (Å²) in [7, 11) is 0. The number of anilines is 1. The number of para-hydroxylation sites is 1. The van der Waals surface area contributed by atoms with E-state index in [1.54, 1.807) is 0 Å². The van der Waals surface area contributed by atoms with Crippen LogP contribution < -0.4 is 5.32 Å². The van der Waals surface area contributed by atoms with Gasteiger partial charge in [-0.05, 0) is 25.8 Å². The summed E-state index contributed by atoms with van der Waals surface area (Å²) in [5.74, 6) is -0.608. The van der Waals surface area contributed by atoms with Crippen LogP contribution in [0.1, 0.15) is 19.8 Å². The lowest BCUT2D eigenvalue weighted by Gasteiger charge is -2.28. The summed E-state index contributed by atoms with van der Waals surface area (Å²) in [6.45, 7) is 2.41. The molecule has 1 aromatic rings. The largest absolute Gasteiger partial charge is 0.376 e. The van der Waals surface area contributed by atoms with Crippen LogP contribution in [-0.4, -0.2) is 23.7 Å². The maximum atomic E-state index is 13.6. The molecule has 6 heteroatoms. The highest BCUT2D eigenvalue weighted by Gasteiger charge is 2.24. The van der Waals surface area contributed by atoms with Gasteiger partial charge in [-0.1, -0.05) is 6.07 Å². The van der Waals surface area contributed by atoms with Gasteiger partial charge in [0.2, 0.25) is 0 Å². The fourth-order valence-corrected chi connectivity index (χ4v) is 2.01. The average Bonchev–Trinajstić information content (AvgIpc) is 2.34. The van der Waals surface area contributed by atoms with Crippen LogP contribution in [0.4, 0.5) is 15.8 Å². The Kier molecular flexibility index (Phi) is 3.76. The number of ether oxygens (including phenoxy) is 1. The molecule has 0 spiro atoms. The molecule has 5 nitrogen and oxygen atoms in total. The molecule has 2 rings (SSSR count). The van der Waals surface area contributed by atoms with E-state index in [0.29, 0.717) is 6.61 Å². The van der Waals surface area contributed by atoms with Crippen LogP contribution in [-0.2, 0) is 4.74 Å². The van der Waals surface area contributed by atoms with Crippen molar-refractivity contribution >= 4 is 11.4 Å². The van der Waals surface area contributed by atoms with Gasteiger partial charge in [0, 0.05) is 12.1 Å². The Morgan fingerprint density at radius 1 is 1.50 bits per heavy atom. The maximum Gasteiger partial charge on any atom is 0.295 e. The molecule has 1 aliphatic heterocycles. The number of hydrogen-bond acceptors (Lipinski definition) is 4. The lowest BCUT2D eigenvalue weighted by atomic mass is 10.1. The monoisotopic (exact) mass is 254 g/mol. The summed E-state index contributed by atoms with van der Waals surface area (Å²) < 4.78 is 19.1. The van der Waals surface area contributed by atoms with Gasteiger partial charge in [0.15, 0.2) is 5.82 Å². The first-order valence-electron chi connectivity index (χ1n) is 5.89. The fourth-order valence-electron chi connectivity index (χ4n) is 2.01. The van der Waals surface area contributed by atoms with Crippen molar-refractivity contribution in [2.24, 2.45) is 0 Å². The fraction of sp³-hybridized carbons (Fsp3) is 0.500. The van der Waals surface area contributed by atoms with E-state index in [4.69, 9.17) is 4.74 Å². The van der Waals surface area contributed by atoms with Crippen LogP contribution in [0.15, 0.2) is 18.2 Å². The molecule has 18 heavy (non-hydrogen) atoms. The van der Waals surface area contributed by atoms with Gasteiger partial charge in [0.1, 0.15) is 5.69 Å². The summed E-state index contributed by atoms with van der Waals surface area (Å²) in [6.07, 6.45) is 1.87. The first kappa shape index (κ1) is 12.8. The van der Waals surface area contributed by atoms with Crippen LogP contribution in [0.5, 0.6) is 0 Å². The van der Waals surface area contributed by atoms with Crippen molar-refractivity contribution in [2.45, 2.75) is 31.9 Å². The van der Waals surface area contributed by atoms with Gasteiger partial charge in [-0.2, -0.15) is 0 Å². The highest BCUT2D eigenvalue weighted by molar-refractivity contribution is 5.62. The highest BCUT2D eigenvalue weighted by Crippen LogP contribution is 2.29. The van der Waals surface area contributed by atoms with Gasteiger partial charge >= 0.3 is 0 Å². The van der Waals surface area contributed by atoms with Crippen molar-refractivity contribution in [1.82, 2.24) is 0 Å². The Morgan fingerprint density at radius 3 is 2.89 bits per heavy atom. The van der Waals surface area contributed by atoms with Gasteiger partial charge in [0.25, 0.3) is 5.69 Å². The zero-order valence-electron chi connectivity index (χ0n) is 10.1. The van der Waals surface area contributed by atoms with Gasteiger partial charge in [-0.3, -0.25) is 10.1 Å². The van der Waals surface area contributed by atoms with Crippen molar-refractivity contribution in [3.63, 3.8) is 0 Å². The number of nitrogens with zero attached hydrogens (tertiary/aromatic N) is 1. The molecule has 1 unspecified atom stereocenters. The first-order valence-corrected chi connectivity index (χ1v) is 5.89. The van der Waals surface area contributed by atoms with Crippen molar-refractivity contribution in [2.75, 3.05) is 11.9 Å². The molecule has 0 aliphatic carbocycles. The van der Waals surface area contributed by atoms with Crippen LogP contribution in [0.3, 0.4) is 0 Å². The molecule has 0 amide bonds. The van der Waals surface area contributed by atoms with Crippen molar-refractivity contribution < 1.29 is 14.1 Å². The second kappa shape index (κ2) is 5.30. The minimum Gasteiger partial charge on any atom is -0.376 e. The lowest BCUT2D eigenvalue weighted by Crippen LogP contribution is -2.33. The topological polar surface area (TPSA) is 64.4 Å². The number of rotatable bonds is 3. The number of halogens is 1. The minimum absolute atomic E-state index is 0.0503. The molecule has 1 fully saturated rings. The van der Waals surface area contributed by atoms with Crippen LogP contribution in [0.25, 0.3) is 0 Å². The number of hydrogen-bond donors (Lipinski definition) is 1. The highest BCUT2D eigenvalue weighted by atomic mass is 19.1. The molecular formula is C12H15FN2O3. The normalized spacial score (nSPS) is 23.7. The Bertz CT molecular complexity index is 445. The zero-order chi connectivity index (χ0) is 13.1. The van der Waals surface area contributed by atoms with Gasteiger partial charge in [-0.25, -0.2) is 4.39 Å². The predicted octanol–water partition coefficient (Wildman–Crippen LogP) is 2.71. The second-order valence-corrected chi connectivity index (χ2v) is 4.45. The van der Waals surface area contributed by atoms with Crippen LogP contribution in [0, 0.1) is 15.9 Å². The molecule has 2 atom stereocenters. The molecule has 0 saturated carbocycles. The second-order valence-electron chi connectivity index (χ2n) is 4.45. The standard InChI is InChI=1S/C12H15FN2O3/c1-8-5-6-9(7-18-8)14-12-10(13)3-2-4-11(12)15(16)17/h2-4,8-9,14H,5-7H2,1H3/t8?,9-/m0/s1. The van der Waals surface area contributed by atoms with E-state index in [9.17, 15) is 14.5 Å². The van der Waals surface area contributed by atoms with Crippen molar-refractivity contribution in [1.29, 1.82) is 0 Å². The summed E-state index contributed by atoms with van der Waals surface area (Å²) >= 11 is 0. The third-order valence-corrected chi connectivity index (χ3v) is 3.04. The Hall–Kier alpha value is -1.69. The van der Waals surface area contributed by atoms with Crippen molar-refractivity contribution in [3.8, 4) is 0 Å². The molecule has 98 valence electrons. The third kappa shape index (κ3) is 2.76. The summed E-state index contributed by atoms with van der Waals surface area (Å²) in [4.78, 5) is 10.2. The average molecular weight is 254 g/mol. The number of nitro benzene ring substituents is 1. The van der Waals surface area contributed by atoms with Crippen LogP contribution >= 0.6 is 0 Å². The molecule has 1 heterocycles. The number of nitro groups is 1. The zero-order valence-corrected chi connectivity index (χ0v) is 10.1. The van der Waals surface area contributed by atoms with E-state index in [2.05, 4.69) is 5.32 Å². The summed E-state index contributed by atoms with van der Waals surface area (Å²) in [5.41, 5.74) is -0.292. The summed E-state index contributed by atoms with van der Waals surface area (Å²) in [6, 6.07) is 3.74. The molecule has 0 radical (unpaired) electrons. The van der Waals surface area contributed by atoms with E-state index in [-0.39, 0.29) is 23.5 Å². The number of benzene rings is 1. The van der Waals surface area contributed by atoms with Crippen LogP contribution in [0.2, 0.25) is 0 Å². The lowest BCUT2D eigenvalue weighted by molar-refractivity contribution is -0.384. The molecule has 1 N–H and O–H groups in total. The predicted molar refractivity (Wildman–Crippen MR) is 65.1 cm³/mol. The smallest absolute Gasteiger partial charge is 0.295 e. The van der Waals surface area contributed by atoms with E-state index >= 15 is 0 Å². The van der Waals surface area contributed by atoms with Gasteiger partial charge < -0.3 is 10.1 Å². The minimum atomic E-state index is -0.608. The first-order chi connectivity index (χ1) is 8.58.